The molecule has 0 fully saturated rings. The van der Waals surface area contributed by atoms with Gasteiger partial charge in [0.1, 0.15) is 0 Å². The molecule has 0 unspecified atom stereocenters. The number of carbonyl (C=O) groups excluding carboxylic acids is 2. The lowest BCUT2D eigenvalue weighted by Crippen LogP contribution is -2.33. The molecule has 0 radical (unpaired) electrons. The van der Waals surface area contributed by atoms with Crippen LogP contribution in [0.4, 0.5) is 0 Å². The van der Waals surface area contributed by atoms with Crippen LogP contribution in [-0.4, -0.2) is 26.8 Å². The third-order valence-electron chi connectivity index (χ3n) is 2.22. The highest BCUT2D eigenvalue weighted by Crippen LogP contribution is 2.14. The molecule has 0 aliphatic carbocycles. The van der Waals surface area contributed by atoms with Crippen LogP contribution in [0.25, 0.3) is 0 Å². The summed E-state index contributed by atoms with van der Waals surface area (Å²) in [5, 5.41) is 0. The first-order valence-electron chi connectivity index (χ1n) is 4.92. The Bertz CT molecular complexity index is 595. The van der Waals surface area contributed by atoms with E-state index < -0.39 is 28.4 Å². The Hall–Kier alpha value is -1.93. The molecule has 0 aliphatic heterocycles. The number of rotatable bonds is 5. The maximum atomic E-state index is 11.8. The number of primary amides is 2. The van der Waals surface area contributed by atoms with E-state index >= 15 is 0 Å². The number of hydrogen-bond acceptors (Lipinski definition) is 4. The highest BCUT2D eigenvalue weighted by atomic mass is 32.2. The van der Waals surface area contributed by atoms with Crippen LogP contribution in [0, 0.1) is 6.92 Å². The van der Waals surface area contributed by atoms with Gasteiger partial charge in [-0.2, -0.15) is 0 Å². The first-order chi connectivity index (χ1) is 8.24. The van der Waals surface area contributed by atoms with Gasteiger partial charge in [0, 0.05) is 5.56 Å². The predicted octanol–water partition coefficient (Wildman–Crippen LogP) is -1.14. The number of benzene rings is 1. The first-order valence-corrected chi connectivity index (χ1v) is 6.41. The van der Waals surface area contributed by atoms with Crippen molar-refractivity contribution in [1.29, 1.82) is 0 Å². The third kappa shape index (κ3) is 3.28. The molecule has 1 aromatic rings. The van der Waals surface area contributed by atoms with Crippen LogP contribution in [0.2, 0.25) is 0 Å². The molecule has 0 bridgehead atoms. The number of hydrogen-bond donors (Lipinski definition) is 3. The molecule has 8 heteroatoms. The maximum absolute atomic E-state index is 11.8. The van der Waals surface area contributed by atoms with Gasteiger partial charge in [-0.25, -0.2) is 13.1 Å². The van der Waals surface area contributed by atoms with E-state index in [4.69, 9.17) is 11.5 Å². The van der Waals surface area contributed by atoms with Gasteiger partial charge in [-0.15, -0.1) is 0 Å². The molecule has 1 aromatic carbocycles. The lowest BCUT2D eigenvalue weighted by molar-refractivity contribution is -0.116. The molecule has 5 N–H and O–H groups in total. The summed E-state index contributed by atoms with van der Waals surface area (Å²) in [5.74, 6) is -1.53. The Labute approximate surface area is 104 Å². The second kappa shape index (κ2) is 5.15. The molecule has 0 saturated carbocycles. The fraction of sp³-hybridized carbons (Fsp3) is 0.200. The summed E-state index contributed by atoms with van der Waals surface area (Å²) in [6.07, 6.45) is 0. The van der Waals surface area contributed by atoms with Gasteiger partial charge in [0.25, 0.3) is 0 Å². The van der Waals surface area contributed by atoms with E-state index in [1.54, 1.807) is 6.92 Å². The summed E-state index contributed by atoms with van der Waals surface area (Å²) in [6.45, 7) is 1.12. The average Bonchev–Trinajstić information content (AvgIpc) is 2.26. The summed E-state index contributed by atoms with van der Waals surface area (Å²) in [7, 11) is -3.89. The summed E-state index contributed by atoms with van der Waals surface area (Å²) in [5.41, 5.74) is 10.6. The first kappa shape index (κ1) is 14.1. The smallest absolute Gasteiger partial charge is 0.249 e. The van der Waals surface area contributed by atoms with Gasteiger partial charge in [0.2, 0.25) is 21.8 Å². The minimum atomic E-state index is -3.89. The van der Waals surface area contributed by atoms with Crippen LogP contribution in [0.3, 0.4) is 0 Å². The topological polar surface area (TPSA) is 132 Å². The Kier molecular flexibility index (Phi) is 4.04. The molecular weight excluding hydrogens is 258 g/mol. The molecular formula is C10H13N3O4S. The summed E-state index contributed by atoms with van der Waals surface area (Å²) >= 11 is 0. The lowest BCUT2D eigenvalue weighted by atomic mass is 10.1. The molecule has 1 rings (SSSR count). The summed E-state index contributed by atoms with van der Waals surface area (Å²) in [6, 6.07) is 3.92. The van der Waals surface area contributed by atoms with Crippen molar-refractivity contribution in [3.63, 3.8) is 0 Å². The zero-order valence-corrected chi connectivity index (χ0v) is 10.5. The van der Waals surface area contributed by atoms with Gasteiger partial charge in [-0.3, -0.25) is 9.59 Å². The summed E-state index contributed by atoms with van der Waals surface area (Å²) in [4.78, 5) is 21.5. The largest absolute Gasteiger partial charge is 0.369 e. The van der Waals surface area contributed by atoms with E-state index in [0.29, 0.717) is 5.56 Å². The molecule has 2 amide bonds. The Morgan fingerprint density at radius 1 is 1.28 bits per heavy atom. The van der Waals surface area contributed by atoms with Crippen molar-refractivity contribution in [1.82, 2.24) is 4.72 Å². The molecule has 0 aromatic heterocycles. The minimum Gasteiger partial charge on any atom is -0.369 e. The van der Waals surface area contributed by atoms with Crippen molar-refractivity contribution in [3.8, 4) is 0 Å². The van der Waals surface area contributed by atoms with Gasteiger partial charge in [-0.05, 0) is 24.6 Å². The van der Waals surface area contributed by atoms with E-state index in [1.807, 2.05) is 4.72 Å². The Balaban J connectivity index is 3.14. The van der Waals surface area contributed by atoms with E-state index in [2.05, 4.69) is 0 Å². The van der Waals surface area contributed by atoms with Crippen LogP contribution in [0.1, 0.15) is 15.9 Å². The number of nitrogens with two attached hydrogens (primary N) is 2. The summed E-state index contributed by atoms with van der Waals surface area (Å²) < 4.78 is 25.5. The normalized spacial score (nSPS) is 11.2. The molecule has 18 heavy (non-hydrogen) atoms. The van der Waals surface area contributed by atoms with Crippen LogP contribution in [-0.2, 0) is 14.8 Å². The van der Waals surface area contributed by atoms with Gasteiger partial charge < -0.3 is 11.5 Å². The Morgan fingerprint density at radius 3 is 2.39 bits per heavy atom. The standard InChI is InChI=1S/C10H13N3O4S/c1-6-2-3-7(4-8(6)10(12)15)18(16,17)13-5-9(11)14/h2-4,13H,5H2,1H3,(H2,11,14)(H2,12,15). The van der Waals surface area contributed by atoms with Crippen molar-refractivity contribution < 1.29 is 18.0 Å². The zero-order chi connectivity index (χ0) is 13.9. The molecule has 7 nitrogen and oxygen atoms in total. The third-order valence-corrected chi connectivity index (χ3v) is 3.62. The fourth-order valence-corrected chi connectivity index (χ4v) is 2.30. The van der Waals surface area contributed by atoms with Gasteiger partial charge in [0.05, 0.1) is 11.4 Å². The van der Waals surface area contributed by atoms with Gasteiger partial charge in [0.15, 0.2) is 0 Å². The Morgan fingerprint density at radius 2 is 1.89 bits per heavy atom. The minimum absolute atomic E-state index is 0.108. The molecule has 98 valence electrons. The molecule has 0 aliphatic rings. The highest BCUT2D eigenvalue weighted by molar-refractivity contribution is 7.89. The average molecular weight is 271 g/mol. The molecule has 0 atom stereocenters. The zero-order valence-electron chi connectivity index (χ0n) is 9.64. The number of amides is 2. The van der Waals surface area contributed by atoms with E-state index in [-0.39, 0.29) is 10.5 Å². The SMILES string of the molecule is Cc1ccc(S(=O)(=O)NCC(N)=O)cc1C(N)=O. The van der Waals surface area contributed by atoms with Gasteiger partial charge >= 0.3 is 0 Å². The second-order valence-corrected chi connectivity index (χ2v) is 5.40. The van der Waals surface area contributed by atoms with E-state index in [1.165, 1.54) is 12.1 Å². The number of sulfonamides is 1. The molecule has 0 spiro atoms. The van der Waals surface area contributed by atoms with Crippen LogP contribution in [0.5, 0.6) is 0 Å². The van der Waals surface area contributed by atoms with E-state index in [9.17, 15) is 18.0 Å². The van der Waals surface area contributed by atoms with Crippen molar-refractivity contribution in [2.24, 2.45) is 11.5 Å². The number of aryl methyl sites for hydroxylation is 1. The van der Waals surface area contributed by atoms with Gasteiger partial charge in [-0.1, -0.05) is 6.07 Å². The van der Waals surface area contributed by atoms with Crippen molar-refractivity contribution >= 4 is 21.8 Å². The number of nitrogens with one attached hydrogen (secondary N) is 1. The van der Waals surface area contributed by atoms with Crippen molar-refractivity contribution in [2.45, 2.75) is 11.8 Å². The van der Waals surface area contributed by atoms with E-state index in [0.717, 1.165) is 6.07 Å². The second-order valence-electron chi connectivity index (χ2n) is 3.63. The fourth-order valence-electron chi connectivity index (χ4n) is 1.28. The van der Waals surface area contributed by atoms with Crippen molar-refractivity contribution in [2.75, 3.05) is 6.54 Å². The molecule has 0 saturated heterocycles. The van der Waals surface area contributed by atoms with Crippen molar-refractivity contribution in [3.05, 3.63) is 29.3 Å². The van der Waals surface area contributed by atoms with Crippen LogP contribution >= 0.6 is 0 Å². The maximum Gasteiger partial charge on any atom is 0.249 e. The molecule has 0 heterocycles. The monoisotopic (exact) mass is 271 g/mol. The van der Waals surface area contributed by atoms with Crippen LogP contribution < -0.4 is 16.2 Å². The quantitative estimate of drug-likeness (QED) is 0.624. The number of carbonyl (C=O) groups is 2. The predicted molar refractivity (Wildman–Crippen MR) is 64.1 cm³/mol. The van der Waals surface area contributed by atoms with Crippen LogP contribution in [0.15, 0.2) is 23.1 Å². The highest BCUT2D eigenvalue weighted by Gasteiger charge is 2.17. The lowest BCUT2D eigenvalue weighted by Gasteiger charge is -2.07.